The fourth-order valence-electron chi connectivity index (χ4n) is 3.40. The van der Waals surface area contributed by atoms with Crippen LogP contribution in [0.1, 0.15) is 17.0 Å². The molecule has 3 aromatic heterocycles. The van der Waals surface area contributed by atoms with Gasteiger partial charge >= 0.3 is 5.69 Å². The summed E-state index contributed by atoms with van der Waals surface area (Å²) >= 11 is 12.2. The monoisotopic (exact) mass is 432 g/mol. The third kappa shape index (κ3) is 3.08. The molecule has 3 heterocycles. The Kier molecular flexibility index (Phi) is 4.63. The number of aryl methyl sites for hydroxylation is 3. The molecule has 4 aromatic rings. The van der Waals surface area contributed by atoms with Crippen LogP contribution in [0.5, 0.6) is 0 Å². The quantitative estimate of drug-likeness (QED) is 0.498. The highest BCUT2D eigenvalue weighted by molar-refractivity contribution is 6.42. The Morgan fingerprint density at radius 2 is 1.72 bits per heavy atom. The first-order valence-electron chi connectivity index (χ1n) is 8.83. The number of hydrogen-bond donors (Lipinski definition) is 0. The van der Waals surface area contributed by atoms with E-state index in [-0.39, 0.29) is 0 Å². The van der Waals surface area contributed by atoms with Crippen molar-refractivity contribution in [3.63, 3.8) is 0 Å². The van der Waals surface area contributed by atoms with Gasteiger partial charge in [-0.3, -0.25) is 18.5 Å². The SMILES string of the molecule is Cc1cc(C)n(-c2nc3c(c(=O)n(C)c(=O)n3C)n2Cc2ccc(Cl)c(Cl)c2)n1. The number of hydrogen-bond acceptors (Lipinski definition) is 4. The fourth-order valence-corrected chi connectivity index (χ4v) is 3.72. The molecule has 0 radical (unpaired) electrons. The molecule has 4 rings (SSSR count). The van der Waals surface area contributed by atoms with Gasteiger partial charge in [0.25, 0.3) is 5.56 Å². The number of benzene rings is 1. The second-order valence-corrected chi connectivity index (χ2v) is 7.78. The van der Waals surface area contributed by atoms with Crippen molar-refractivity contribution in [1.82, 2.24) is 28.5 Å². The topological polar surface area (TPSA) is 79.6 Å². The zero-order valence-corrected chi connectivity index (χ0v) is 17.8. The molecule has 10 heteroatoms. The normalized spacial score (nSPS) is 11.5. The Hall–Kier alpha value is -2.84. The van der Waals surface area contributed by atoms with Gasteiger partial charge in [-0.25, -0.2) is 9.48 Å². The van der Waals surface area contributed by atoms with Gasteiger partial charge < -0.3 is 0 Å². The lowest BCUT2D eigenvalue weighted by atomic mass is 10.2. The molecule has 0 aliphatic heterocycles. The molecule has 0 saturated carbocycles. The second kappa shape index (κ2) is 6.89. The van der Waals surface area contributed by atoms with Crippen LogP contribution in [0.25, 0.3) is 17.1 Å². The molecule has 0 N–H and O–H groups in total. The molecule has 8 nitrogen and oxygen atoms in total. The molecule has 1 aromatic carbocycles. The summed E-state index contributed by atoms with van der Waals surface area (Å²) in [6, 6.07) is 7.19. The molecule has 150 valence electrons. The minimum Gasteiger partial charge on any atom is -0.298 e. The van der Waals surface area contributed by atoms with E-state index in [1.807, 2.05) is 26.0 Å². The predicted molar refractivity (Wildman–Crippen MR) is 112 cm³/mol. The van der Waals surface area contributed by atoms with Crippen LogP contribution in [0.15, 0.2) is 33.9 Å². The third-order valence-electron chi connectivity index (χ3n) is 4.85. The van der Waals surface area contributed by atoms with E-state index in [1.165, 1.54) is 11.6 Å². The van der Waals surface area contributed by atoms with Gasteiger partial charge in [0.2, 0.25) is 5.95 Å². The average Bonchev–Trinajstić information content (AvgIpc) is 3.20. The highest BCUT2D eigenvalue weighted by atomic mass is 35.5. The summed E-state index contributed by atoms with van der Waals surface area (Å²) in [5, 5.41) is 5.37. The largest absolute Gasteiger partial charge is 0.332 e. The van der Waals surface area contributed by atoms with Crippen molar-refractivity contribution in [3.05, 3.63) is 72.1 Å². The summed E-state index contributed by atoms with van der Waals surface area (Å²) in [4.78, 5) is 30.0. The predicted octanol–water partition coefficient (Wildman–Crippen LogP) is 2.59. The maximum Gasteiger partial charge on any atom is 0.332 e. The molecule has 0 bridgehead atoms. The Morgan fingerprint density at radius 3 is 2.34 bits per heavy atom. The van der Waals surface area contributed by atoms with E-state index in [9.17, 15) is 9.59 Å². The summed E-state index contributed by atoms with van der Waals surface area (Å²) in [5.41, 5.74) is 2.24. The van der Waals surface area contributed by atoms with Crippen molar-refractivity contribution in [1.29, 1.82) is 0 Å². The van der Waals surface area contributed by atoms with Crippen LogP contribution in [0, 0.1) is 13.8 Å². The van der Waals surface area contributed by atoms with Crippen LogP contribution in [0.3, 0.4) is 0 Å². The second-order valence-electron chi connectivity index (χ2n) is 6.96. The minimum atomic E-state index is -0.443. The van der Waals surface area contributed by atoms with Gasteiger partial charge in [-0.15, -0.1) is 0 Å². The van der Waals surface area contributed by atoms with Crippen molar-refractivity contribution >= 4 is 34.4 Å². The van der Waals surface area contributed by atoms with E-state index in [4.69, 9.17) is 23.2 Å². The summed E-state index contributed by atoms with van der Waals surface area (Å²) in [5.74, 6) is 0.440. The lowest BCUT2D eigenvalue weighted by molar-refractivity contribution is 0.691. The molecule has 0 fully saturated rings. The lowest BCUT2D eigenvalue weighted by Crippen LogP contribution is -2.37. The van der Waals surface area contributed by atoms with E-state index < -0.39 is 11.2 Å². The van der Waals surface area contributed by atoms with Crippen LogP contribution in [0.4, 0.5) is 0 Å². The van der Waals surface area contributed by atoms with Gasteiger partial charge in [-0.2, -0.15) is 10.1 Å². The van der Waals surface area contributed by atoms with Crippen LogP contribution >= 0.6 is 23.2 Å². The van der Waals surface area contributed by atoms with Crippen molar-refractivity contribution in [3.8, 4) is 5.95 Å². The van der Waals surface area contributed by atoms with E-state index in [1.54, 1.807) is 28.4 Å². The molecule has 0 aliphatic carbocycles. The number of halogens is 2. The van der Waals surface area contributed by atoms with E-state index in [2.05, 4.69) is 10.1 Å². The molecule has 0 amide bonds. The van der Waals surface area contributed by atoms with Gasteiger partial charge in [0, 0.05) is 19.8 Å². The molecule has 0 atom stereocenters. The zero-order valence-electron chi connectivity index (χ0n) is 16.3. The Balaban J connectivity index is 2.07. The zero-order chi connectivity index (χ0) is 21.0. The van der Waals surface area contributed by atoms with Crippen molar-refractivity contribution in [2.24, 2.45) is 14.1 Å². The Labute approximate surface area is 175 Å². The van der Waals surface area contributed by atoms with Crippen molar-refractivity contribution in [2.75, 3.05) is 0 Å². The van der Waals surface area contributed by atoms with Crippen LogP contribution in [-0.4, -0.2) is 28.5 Å². The number of fused-ring (bicyclic) bond motifs is 1. The smallest absolute Gasteiger partial charge is 0.298 e. The molecule has 29 heavy (non-hydrogen) atoms. The summed E-state index contributed by atoms with van der Waals surface area (Å²) in [7, 11) is 3.04. The first kappa shape index (κ1) is 19.5. The molecule has 0 unspecified atom stereocenters. The molecule has 0 saturated heterocycles. The van der Waals surface area contributed by atoms with Gasteiger partial charge in [-0.05, 0) is 37.6 Å². The number of rotatable bonds is 3. The standard InChI is InChI=1S/C19H18Cl2N6O2/c1-10-7-11(2)27(23-10)18-22-16-15(17(28)25(4)19(29)24(16)3)26(18)9-12-5-6-13(20)14(21)8-12/h5-8H,9H2,1-4H3. The van der Waals surface area contributed by atoms with Crippen LogP contribution in [-0.2, 0) is 20.6 Å². The van der Waals surface area contributed by atoms with Gasteiger partial charge in [0.15, 0.2) is 11.2 Å². The first-order valence-corrected chi connectivity index (χ1v) is 9.58. The Bertz CT molecular complexity index is 1390. The summed E-state index contributed by atoms with van der Waals surface area (Å²) in [6.07, 6.45) is 0. The van der Waals surface area contributed by atoms with E-state index >= 15 is 0 Å². The Morgan fingerprint density at radius 1 is 1.00 bits per heavy atom. The lowest BCUT2D eigenvalue weighted by Gasteiger charge is -2.11. The average molecular weight is 433 g/mol. The fraction of sp³-hybridized carbons (Fsp3) is 0.263. The van der Waals surface area contributed by atoms with E-state index in [0.717, 1.165) is 21.5 Å². The summed E-state index contributed by atoms with van der Waals surface area (Å²) < 4.78 is 5.84. The van der Waals surface area contributed by atoms with Gasteiger partial charge in [0.1, 0.15) is 0 Å². The van der Waals surface area contributed by atoms with Crippen LogP contribution in [0.2, 0.25) is 10.0 Å². The molecule has 0 spiro atoms. The highest BCUT2D eigenvalue weighted by Crippen LogP contribution is 2.25. The maximum atomic E-state index is 13.0. The van der Waals surface area contributed by atoms with Gasteiger partial charge in [-0.1, -0.05) is 29.3 Å². The van der Waals surface area contributed by atoms with Crippen molar-refractivity contribution < 1.29 is 0 Å². The van der Waals surface area contributed by atoms with Crippen LogP contribution < -0.4 is 11.2 Å². The van der Waals surface area contributed by atoms with E-state index in [0.29, 0.717) is 33.7 Å². The molecular weight excluding hydrogens is 415 g/mol. The van der Waals surface area contributed by atoms with Crippen molar-refractivity contribution in [2.45, 2.75) is 20.4 Å². The highest BCUT2D eigenvalue weighted by Gasteiger charge is 2.22. The molecular formula is C19H18Cl2N6O2. The summed E-state index contributed by atoms with van der Waals surface area (Å²) in [6.45, 7) is 4.08. The number of nitrogens with zero attached hydrogens (tertiary/aromatic N) is 6. The van der Waals surface area contributed by atoms with Gasteiger partial charge in [0.05, 0.1) is 22.3 Å². The number of aromatic nitrogens is 6. The maximum absolute atomic E-state index is 13.0. The third-order valence-corrected chi connectivity index (χ3v) is 5.59. The minimum absolute atomic E-state index is 0.292. The first-order chi connectivity index (χ1) is 13.7. The molecule has 0 aliphatic rings. The number of imidazole rings is 1.